The first-order valence-electron chi connectivity index (χ1n) is 7.79. The molecule has 0 spiro atoms. The summed E-state index contributed by atoms with van der Waals surface area (Å²) in [5.74, 6) is 2.04. The molecule has 1 saturated heterocycles. The van der Waals surface area contributed by atoms with Crippen LogP contribution in [0.1, 0.15) is 35.6 Å². The number of rotatable bonds is 0. The lowest BCUT2D eigenvalue weighted by Crippen LogP contribution is -2.36. The number of aromatic nitrogens is 1. The number of phenolic OH excluding ortho intramolecular Hbond substituents is 1. The zero-order valence-corrected chi connectivity index (χ0v) is 11.8. The fourth-order valence-corrected chi connectivity index (χ4v) is 4.96. The number of nitrogens with zero attached hydrogens (tertiary/aromatic N) is 1. The van der Waals surface area contributed by atoms with Crippen molar-refractivity contribution in [1.29, 1.82) is 0 Å². The summed E-state index contributed by atoms with van der Waals surface area (Å²) in [6.45, 7) is 4.47. The van der Waals surface area contributed by atoms with E-state index in [-0.39, 0.29) is 0 Å². The van der Waals surface area contributed by atoms with Crippen LogP contribution in [0, 0.1) is 12.8 Å². The summed E-state index contributed by atoms with van der Waals surface area (Å²) in [5.41, 5.74) is 5.11. The van der Waals surface area contributed by atoms with Crippen LogP contribution >= 0.6 is 0 Å². The molecule has 1 aromatic heterocycles. The molecule has 0 amide bonds. The standard InChI is InChI=1S/C17H20N2O/c1-9-4-14-12(7-16(9)20)11-2-3-19-8-10-5-13(15(19)6-10)17(11)18-14/h4,7,10,13,15,18,20H,2-3,5-6,8H2,1H3/t10-,13+,15-/m0/s1. The van der Waals surface area contributed by atoms with E-state index in [4.69, 9.17) is 0 Å². The average molecular weight is 268 g/mol. The summed E-state index contributed by atoms with van der Waals surface area (Å²) in [4.78, 5) is 6.40. The lowest BCUT2D eigenvalue weighted by Gasteiger charge is -2.30. The van der Waals surface area contributed by atoms with Gasteiger partial charge in [0, 0.05) is 41.6 Å². The molecule has 2 N–H and O–H groups in total. The predicted molar refractivity (Wildman–Crippen MR) is 79.2 cm³/mol. The van der Waals surface area contributed by atoms with Crippen molar-refractivity contribution in [3.05, 3.63) is 29.0 Å². The number of nitrogens with one attached hydrogen (secondary N) is 1. The Kier molecular flexibility index (Phi) is 2.01. The van der Waals surface area contributed by atoms with Gasteiger partial charge >= 0.3 is 0 Å². The number of piperidine rings is 1. The van der Waals surface area contributed by atoms with Crippen LogP contribution in [-0.2, 0) is 6.42 Å². The van der Waals surface area contributed by atoms with Crippen LogP contribution in [0.25, 0.3) is 10.9 Å². The molecule has 3 aliphatic rings. The molecule has 104 valence electrons. The van der Waals surface area contributed by atoms with Gasteiger partial charge in [-0.1, -0.05) is 0 Å². The topological polar surface area (TPSA) is 39.3 Å². The lowest BCUT2D eigenvalue weighted by molar-refractivity contribution is 0.201. The average Bonchev–Trinajstić information content (AvgIpc) is 3.08. The number of benzene rings is 1. The molecular formula is C17H20N2O. The van der Waals surface area contributed by atoms with Gasteiger partial charge in [-0.25, -0.2) is 0 Å². The van der Waals surface area contributed by atoms with Crippen molar-refractivity contribution in [3.63, 3.8) is 0 Å². The zero-order chi connectivity index (χ0) is 13.4. The van der Waals surface area contributed by atoms with Crippen LogP contribution in [0.4, 0.5) is 0 Å². The highest BCUT2D eigenvalue weighted by atomic mass is 16.3. The summed E-state index contributed by atoms with van der Waals surface area (Å²) in [6, 6.07) is 4.84. The molecule has 1 aromatic carbocycles. The highest BCUT2D eigenvalue weighted by Gasteiger charge is 2.47. The predicted octanol–water partition coefficient (Wildman–Crippen LogP) is 2.92. The van der Waals surface area contributed by atoms with Crippen molar-refractivity contribution in [2.45, 2.75) is 38.1 Å². The summed E-state index contributed by atoms with van der Waals surface area (Å²) < 4.78 is 0. The molecule has 1 aliphatic carbocycles. The van der Waals surface area contributed by atoms with Gasteiger partial charge in [0.15, 0.2) is 0 Å². The SMILES string of the molecule is Cc1cc2[nH]c3c(c2cc1O)CCN1C[C@H]2C[C@@H]3[C@@H]1C2. The Labute approximate surface area is 118 Å². The summed E-state index contributed by atoms with van der Waals surface area (Å²) >= 11 is 0. The quantitative estimate of drug-likeness (QED) is 0.771. The Hall–Kier alpha value is -1.48. The maximum Gasteiger partial charge on any atom is 0.119 e. The van der Waals surface area contributed by atoms with E-state index < -0.39 is 0 Å². The third-order valence-corrected chi connectivity index (χ3v) is 5.86. The Bertz CT molecular complexity index is 717. The number of hydrogen-bond acceptors (Lipinski definition) is 2. The van der Waals surface area contributed by atoms with E-state index in [0.717, 1.165) is 23.9 Å². The number of phenols is 1. The Morgan fingerprint density at radius 3 is 3.05 bits per heavy atom. The molecule has 0 unspecified atom stereocenters. The highest BCUT2D eigenvalue weighted by molar-refractivity contribution is 5.87. The molecular weight excluding hydrogens is 248 g/mol. The summed E-state index contributed by atoms with van der Waals surface area (Å²) in [7, 11) is 0. The van der Waals surface area contributed by atoms with E-state index in [9.17, 15) is 5.11 Å². The molecule has 2 aliphatic heterocycles. The first-order valence-corrected chi connectivity index (χ1v) is 7.79. The number of aryl methyl sites for hydroxylation is 1. The van der Waals surface area contributed by atoms with Gasteiger partial charge in [-0.2, -0.15) is 0 Å². The van der Waals surface area contributed by atoms with E-state index in [0.29, 0.717) is 11.7 Å². The third-order valence-electron chi connectivity index (χ3n) is 5.86. The monoisotopic (exact) mass is 268 g/mol. The molecule has 1 saturated carbocycles. The number of aromatic hydroxyl groups is 1. The number of aromatic amines is 1. The third kappa shape index (κ3) is 1.29. The van der Waals surface area contributed by atoms with Gasteiger partial charge in [-0.05, 0) is 55.4 Å². The zero-order valence-electron chi connectivity index (χ0n) is 11.8. The van der Waals surface area contributed by atoms with Crippen molar-refractivity contribution in [1.82, 2.24) is 9.88 Å². The second-order valence-corrected chi connectivity index (χ2v) is 6.96. The van der Waals surface area contributed by atoms with Crippen LogP contribution in [0.3, 0.4) is 0 Å². The van der Waals surface area contributed by atoms with Crippen LogP contribution in [0.15, 0.2) is 12.1 Å². The Morgan fingerprint density at radius 2 is 2.20 bits per heavy atom. The maximum atomic E-state index is 10.0. The second-order valence-electron chi connectivity index (χ2n) is 6.96. The molecule has 3 heterocycles. The number of hydrogen-bond donors (Lipinski definition) is 2. The van der Waals surface area contributed by atoms with Crippen LogP contribution in [-0.4, -0.2) is 34.1 Å². The van der Waals surface area contributed by atoms with Gasteiger partial charge < -0.3 is 10.1 Å². The van der Waals surface area contributed by atoms with Crippen molar-refractivity contribution >= 4 is 10.9 Å². The molecule has 5 rings (SSSR count). The van der Waals surface area contributed by atoms with Gasteiger partial charge in [-0.15, -0.1) is 0 Å². The van der Waals surface area contributed by atoms with Gasteiger partial charge in [0.2, 0.25) is 0 Å². The van der Waals surface area contributed by atoms with E-state index in [1.54, 1.807) is 0 Å². The van der Waals surface area contributed by atoms with E-state index in [1.165, 1.54) is 48.1 Å². The first kappa shape index (κ1) is 11.2. The molecule has 2 fully saturated rings. The minimum Gasteiger partial charge on any atom is -0.508 e. The normalized spacial score (nSPS) is 31.8. The van der Waals surface area contributed by atoms with Crippen molar-refractivity contribution in [2.24, 2.45) is 5.92 Å². The molecule has 3 nitrogen and oxygen atoms in total. The van der Waals surface area contributed by atoms with Crippen molar-refractivity contribution in [3.8, 4) is 5.75 Å². The Morgan fingerprint density at radius 1 is 1.30 bits per heavy atom. The molecule has 0 radical (unpaired) electrons. The minimum absolute atomic E-state index is 0.427. The molecule has 2 aromatic rings. The molecule has 2 bridgehead atoms. The van der Waals surface area contributed by atoms with Gasteiger partial charge in [0.05, 0.1) is 0 Å². The van der Waals surface area contributed by atoms with Gasteiger partial charge in [0.25, 0.3) is 0 Å². The second kappa shape index (κ2) is 3.59. The fourth-order valence-electron chi connectivity index (χ4n) is 4.96. The number of fused-ring (bicyclic) bond motifs is 5. The van der Waals surface area contributed by atoms with Gasteiger partial charge in [0.1, 0.15) is 5.75 Å². The summed E-state index contributed by atoms with van der Waals surface area (Å²) in [5, 5.41) is 11.3. The maximum absolute atomic E-state index is 10.0. The largest absolute Gasteiger partial charge is 0.508 e. The smallest absolute Gasteiger partial charge is 0.119 e. The van der Waals surface area contributed by atoms with E-state index >= 15 is 0 Å². The minimum atomic E-state index is 0.427. The van der Waals surface area contributed by atoms with Crippen molar-refractivity contribution < 1.29 is 5.11 Å². The van der Waals surface area contributed by atoms with E-state index in [1.807, 2.05) is 13.0 Å². The molecule has 3 atom stereocenters. The van der Waals surface area contributed by atoms with Crippen LogP contribution in [0.2, 0.25) is 0 Å². The first-order chi connectivity index (χ1) is 9.70. The summed E-state index contributed by atoms with van der Waals surface area (Å²) in [6.07, 6.45) is 3.87. The van der Waals surface area contributed by atoms with E-state index in [2.05, 4.69) is 16.0 Å². The van der Waals surface area contributed by atoms with Crippen molar-refractivity contribution in [2.75, 3.05) is 13.1 Å². The number of H-pyrrole nitrogens is 1. The molecule has 20 heavy (non-hydrogen) atoms. The highest BCUT2D eigenvalue weighted by Crippen LogP contribution is 2.50. The van der Waals surface area contributed by atoms with Crippen LogP contribution < -0.4 is 0 Å². The fraction of sp³-hybridized carbons (Fsp3) is 0.529. The van der Waals surface area contributed by atoms with Crippen LogP contribution in [0.5, 0.6) is 5.75 Å². The molecule has 3 heteroatoms. The lowest BCUT2D eigenvalue weighted by atomic mass is 9.93. The van der Waals surface area contributed by atoms with Gasteiger partial charge in [-0.3, -0.25) is 4.90 Å². The Balaban J connectivity index is 1.75.